The predicted molar refractivity (Wildman–Crippen MR) is 66.8 cm³/mol. The lowest BCUT2D eigenvalue weighted by Gasteiger charge is -2.10. The van der Waals surface area contributed by atoms with E-state index in [2.05, 4.69) is 30.1 Å². The molecule has 0 spiro atoms. The lowest BCUT2D eigenvalue weighted by Crippen LogP contribution is -3.08. The summed E-state index contributed by atoms with van der Waals surface area (Å²) < 4.78 is 31.0. The molecule has 0 fully saturated rings. The minimum atomic E-state index is -4.41. The number of hydrogen-bond acceptors (Lipinski definition) is 5. The Labute approximate surface area is 109 Å². The molecular formula is C10H22N2O5S. The highest BCUT2D eigenvalue weighted by Crippen LogP contribution is 1.74. The maximum Gasteiger partial charge on any atom is 0.243 e. The Bertz CT molecular complexity index is 329. The molecule has 1 amide bonds. The molecule has 0 saturated heterocycles. The molecule has 0 aliphatic carbocycles. The highest BCUT2D eigenvalue weighted by molar-refractivity contribution is 7.80. The molecule has 0 aromatic heterocycles. The summed E-state index contributed by atoms with van der Waals surface area (Å²) >= 11 is 0. The van der Waals surface area contributed by atoms with Crippen LogP contribution in [0.3, 0.4) is 0 Å². The Morgan fingerprint density at radius 2 is 2.06 bits per heavy atom. The van der Waals surface area contributed by atoms with E-state index >= 15 is 0 Å². The number of hydrogen-bond donors (Lipinski definition) is 2. The average molecular weight is 282 g/mol. The Kier molecular flexibility index (Phi) is 12.0. The molecule has 1 unspecified atom stereocenters. The molecule has 1 atom stereocenters. The van der Waals surface area contributed by atoms with Gasteiger partial charge in [-0.1, -0.05) is 6.58 Å². The van der Waals surface area contributed by atoms with Gasteiger partial charge in [-0.15, -0.1) is 0 Å². The minimum absolute atomic E-state index is 0.0795. The SMILES string of the molecule is C=CC(=O)NCCC[NH+](C)CC.COS(=O)(=O)[O-]. The van der Waals surface area contributed by atoms with E-state index < -0.39 is 10.4 Å². The van der Waals surface area contributed by atoms with Crippen LogP contribution in [-0.2, 0) is 19.4 Å². The first-order valence-electron chi connectivity index (χ1n) is 5.49. The number of quaternary nitrogens is 1. The van der Waals surface area contributed by atoms with Gasteiger partial charge in [-0.2, -0.15) is 0 Å². The topological polar surface area (TPSA) is 100.0 Å². The molecule has 0 aliphatic rings. The largest absolute Gasteiger partial charge is 0.726 e. The summed E-state index contributed by atoms with van der Waals surface area (Å²) in [7, 11) is -1.46. The molecule has 2 N–H and O–H groups in total. The Balaban J connectivity index is 0. The van der Waals surface area contributed by atoms with Crippen LogP contribution in [0.5, 0.6) is 0 Å². The molecule has 0 aromatic carbocycles. The van der Waals surface area contributed by atoms with Crippen molar-refractivity contribution in [2.75, 3.05) is 33.8 Å². The van der Waals surface area contributed by atoms with E-state index in [4.69, 9.17) is 0 Å². The maximum atomic E-state index is 10.7. The van der Waals surface area contributed by atoms with Crippen molar-refractivity contribution in [3.05, 3.63) is 12.7 Å². The first kappa shape index (κ1) is 19.4. The van der Waals surface area contributed by atoms with Crippen molar-refractivity contribution < 1.29 is 26.8 Å². The zero-order valence-electron chi connectivity index (χ0n) is 11.1. The molecule has 0 saturated carbocycles. The van der Waals surface area contributed by atoms with E-state index in [-0.39, 0.29) is 5.91 Å². The summed E-state index contributed by atoms with van der Waals surface area (Å²) in [4.78, 5) is 12.2. The first-order chi connectivity index (χ1) is 8.26. The summed E-state index contributed by atoms with van der Waals surface area (Å²) in [6, 6.07) is 0. The Morgan fingerprint density at radius 1 is 1.56 bits per heavy atom. The van der Waals surface area contributed by atoms with Crippen molar-refractivity contribution in [1.82, 2.24) is 5.32 Å². The van der Waals surface area contributed by atoms with E-state index in [0.29, 0.717) is 0 Å². The van der Waals surface area contributed by atoms with Gasteiger partial charge < -0.3 is 14.8 Å². The van der Waals surface area contributed by atoms with Gasteiger partial charge in [-0.25, -0.2) is 8.42 Å². The maximum absolute atomic E-state index is 10.7. The van der Waals surface area contributed by atoms with Gasteiger partial charge >= 0.3 is 0 Å². The van der Waals surface area contributed by atoms with Gasteiger partial charge in [-0.3, -0.25) is 8.98 Å². The van der Waals surface area contributed by atoms with Crippen LogP contribution in [0.1, 0.15) is 13.3 Å². The number of carbonyl (C=O) groups is 1. The molecule has 0 heterocycles. The standard InChI is InChI=1S/C9H18N2O.CH4O4S/c1-4-9(12)10-7-6-8-11(3)5-2;1-5-6(2,3)4/h4H,1,5-8H2,2-3H3,(H,10,12);1H3,(H,2,3,4). The zero-order chi connectivity index (χ0) is 14.6. The van der Waals surface area contributed by atoms with Gasteiger partial charge in [0.05, 0.1) is 27.2 Å². The summed E-state index contributed by atoms with van der Waals surface area (Å²) in [5, 5.41) is 2.74. The third-order valence-electron chi connectivity index (χ3n) is 2.07. The van der Waals surface area contributed by atoms with Crippen molar-refractivity contribution in [3.63, 3.8) is 0 Å². The smallest absolute Gasteiger partial charge is 0.243 e. The summed E-state index contributed by atoms with van der Waals surface area (Å²) in [5.74, 6) is -0.0795. The van der Waals surface area contributed by atoms with Crippen molar-refractivity contribution in [2.24, 2.45) is 0 Å². The average Bonchev–Trinajstić information content (AvgIpc) is 2.33. The molecule has 0 aromatic rings. The summed E-state index contributed by atoms with van der Waals surface area (Å²) in [6.07, 6.45) is 2.33. The van der Waals surface area contributed by atoms with Crippen LogP contribution < -0.4 is 10.2 Å². The summed E-state index contributed by atoms with van der Waals surface area (Å²) in [5.41, 5.74) is 0. The lowest BCUT2D eigenvalue weighted by atomic mass is 10.4. The van der Waals surface area contributed by atoms with Crippen molar-refractivity contribution in [2.45, 2.75) is 13.3 Å². The molecule has 0 radical (unpaired) electrons. The fraction of sp³-hybridized carbons (Fsp3) is 0.700. The molecule has 0 rings (SSSR count). The molecule has 18 heavy (non-hydrogen) atoms. The predicted octanol–water partition coefficient (Wildman–Crippen LogP) is -1.69. The van der Waals surface area contributed by atoms with Gasteiger partial charge in [0, 0.05) is 13.0 Å². The van der Waals surface area contributed by atoms with E-state index in [1.807, 2.05) is 0 Å². The number of carbonyl (C=O) groups excluding carboxylic acids is 1. The van der Waals surface area contributed by atoms with Gasteiger partial charge in [0.15, 0.2) is 0 Å². The van der Waals surface area contributed by atoms with Gasteiger partial charge in [0.1, 0.15) is 0 Å². The van der Waals surface area contributed by atoms with Crippen LogP contribution in [-0.4, -0.2) is 52.7 Å². The second-order valence-corrected chi connectivity index (χ2v) is 4.63. The third kappa shape index (κ3) is 17.4. The zero-order valence-corrected chi connectivity index (χ0v) is 11.9. The van der Waals surface area contributed by atoms with Crippen LogP contribution >= 0.6 is 0 Å². The molecule has 0 bridgehead atoms. The monoisotopic (exact) mass is 282 g/mol. The molecule has 108 valence electrons. The molecule has 0 aliphatic heterocycles. The number of nitrogens with one attached hydrogen (secondary N) is 2. The number of rotatable bonds is 7. The Hall–Kier alpha value is -0.960. The molecule has 8 heteroatoms. The second-order valence-electron chi connectivity index (χ2n) is 3.48. The summed E-state index contributed by atoms with van der Waals surface area (Å²) in [6.45, 7) is 8.52. The number of amides is 1. The van der Waals surface area contributed by atoms with E-state index in [1.54, 1.807) is 0 Å². The fourth-order valence-electron chi connectivity index (χ4n) is 0.851. The van der Waals surface area contributed by atoms with Crippen LogP contribution in [0, 0.1) is 0 Å². The van der Waals surface area contributed by atoms with E-state index in [9.17, 15) is 17.8 Å². The second kappa shape index (κ2) is 11.1. The van der Waals surface area contributed by atoms with Crippen molar-refractivity contribution >= 4 is 16.3 Å². The first-order valence-corrected chi connectivity index (χ1v) is 6.83. The van der Waals surface area contributed by atoms with Crippen molar-refractivity contribution in [3.8, 4) is 0 Å². The Morgan fingerprint density at radius 3 is 2.39 bits per heavy atom. The van der Waals surface area contributed by atoms with Gasteiger partial charge in [0.2, 0.25) is 16.3 Å². The third-order valence-corrected chi connectivity index (χ3v) is 2.48. The van der Waals surface area contributed by atoms with E-state index in [0.717, 1.165) is 33.2 Å². The van der Waals surface area contributed by atoms with Crippen LogP contribution in [0.2, 0.25) is 0 Å². The van der Waals surface area contributed by atoms with Gasteiger partial charge in [0.25, 0.3) is 0 Å². The van der Waals surface area contributed by atoms with Crippen LogP contribution in [0.4, 0.5) is 0 Å². The normalized spacial score (nSPS) is 12.0. The lowest BCUT2D eigenvalue weighted by molar-refractivity contribution is -0.877. The quantitative estimate of drug-likeness (QED) is 0.251. The highest BCUT2D eigenvalue weighted by atomic mass is 32.3. The van der Waals surface area contributed by atoms with Crippen LogP contribution in [0.15, 0.2) is 12.7 Å². The van der Waals surface area contributed by atoms with E-state index in [1.165, 1.54) is 11.0 Å². The molecule has 7 nitrogen and oxygen atoms in total. The van der Waals surface area contributed by atoms with Gasteiger partial charge in [-0.05, 0) is 13.0 Å². The highest BCUT2D eigenvalue weighted by Gasteiger charge is 1.97. The van der Waals surface area contributed by atoms with Crippen molar-refractivity contribution in [1.29, 1.82) is 0 Å². The molecular weight excluding hydrogens is 260 g/mol. The van der Waals surface area contributed by atoms with Crippen LogP contribution in [0.25, 0.3) is 0 Å². The minimum Gasteiger partial charge on any atom is -0.726 e. The fourth-order valence-corrected chi connectivity index (χ4v) is 0.851.